The van der Waals surface area contributed by atoms with Crippen LogP contribution in [0, 0.1) is 5.92 Å². The van der Waals surface area contributed by atoms with Gasteiger partial charge in [-0.1, -0.05) is 64.5 Å². The fraction of sp³-hybridized carbons (Fsp3) is 0.576. The lowest BCUT2D eigenvalue weighted by atomic mass is 9.99. The fourth-order valence-electron chi connectivity index (χ4n) is 4.75. The molecule has 2 unspecified atom stereocenters. The monoisotopic (exact) mass is 570 g/mol. The highest BCUT2D eigenvalue weighted by Gasteiger charge is 2.29. The maximum atomic E-state index is 12.0. The Morgan fingerprint density at radius 3 is 2.29 bits per heavy atom. The smallest absolute Gasteiger partial charge is 0.407 e. The van der Waals surface area contributed by atoms with Crippen LogP contribution >= 0.6 is 0 Å². The fourth-order valence-corrected chi connectivity index (χ4v) is 4.75. The molecule has 3 rings (SSSR count). The molecule has 2 aromatic carbocycles. The van der Waals surface area contributed by atoms with E-state index in [2.05, 4.69) is 106 Å². The van der Waals surface area contributed by atoms with Gasteiger partial charge in [0, 0.05) is 45.2 Å². The van der Waals surface area contributed by atoms with Gasteiger partial charge in [-0.15, -0.1) is 0 Å². The molecule has 41 heavy (non-hydrogen) atoms. The van der Waals surface area contributed by atoms with E-state index in [0.29, 0.717) is 19.2 Å². The number of nitrogens with two attached hydrogens (primary N) is 1. The van der Waals surface area contributed by atoms with Crippen LogP contribution in [0.5, 0.6) is 0 Å². The zero-order chi connectivity index (χ0) is 30.8. The third-order valence-corrected chi connectivity index (χ3v) is 6.72. The molecule has 0 saturated carbocycles. The number of alkyl carbamates (subject to hydrolysis) is 1. The Morgan fingerprint density at radius 2 is 1.73 bits per heavy atom. The van der Waals surface area contributed by atoms with Gasteiger partial charge >= 0.3 is 6.09 Å². The number of ether oxygens (including phenoxy) is 2. The minimum absolute atomic E-state index is 0.231. The van der Waals surface area contributed by atoms with E-state index in [0.717, 1.165) is 56.7 Å². The Balaban J connectivity index is 0.00000108. The summed E-state index contributed by atoms with van der Waals surface area (Å²) >= 11 is 0. The van der Waals surface area contributed by atoms with E-state index >= 15 is 0 Å². The lowest BCUT2D eigenvalue weighted by Crippen LogP contribution is -2.35. The number of nitrogens with zero attached hydrogens (tertiary/aromatic N) is 2. The third kappa shape index (κ3) is 13.8. The van der Waals surface area contributed by atoms with Crippen LogP contribution in [0.4, 0.5) is 10.5 Å². The minimum atomic E-state index is -0.372. The Hall–Kier alpha value is -3.26. The number of amides is 2. The van der Waals surface area contributed by atoms with Crippen molar-refractivity contribution in [1.29, 1.82) is 0 Å². The number of primary amides is 1. The van der Waals surface area contributed by atoms with Crippen LogP contribution in [-0.2, 0) is 20.7 Å². The van der Waals surface area contributed by atoms with Crippen LogP contribution in [-0.4, -0.2) is 70.5 Å². The van der Waals surface area contributed by atoms with Crippen LogP contribution in [0.2, 0.25) is 0 Å². The highest BCUT2D eigenvalue weighted by Crippen LogP contribution is 2.27. The second-order valence-electron chi connectivity index (χ2n) is 11.4. The van der Waals surface area contributed by atoms with Crippen molar-refractivity contribution in [3.05, 3.63) is 54.2 Å². The second-order valence-corrected chi connectivity index (χ2v) is 11.4. The molecular formula is C33H54N4O4. The number of methoxy groups -OCH3 is 1. The maximum absolute atomic E-state index is 12.0. The number of aryl methyl sites for hydroxylation is 1. The first kappa shape index (κ1) is 35.8. The van der Waals surface area contributed by atoms with Gasteiger partial charge in [0.1, 0.15) is 0 Å². The molecule has 0 radical (unpaired) electrons. The molecule has 1 fully saturated rings. The highest BCUT2D eigenvalue weighted by atomic mass is 16.5. The van der Waals surface area contributed by atoms with Crippen molar-refractivity contribution >= 4 is 29.0 Å². The van der Waals surface area contributed by atoms with E-state index in [1.807, 2.05) is 0 Å². The number of carbonyl (C=O) groups excluding carboxylic acids is 2. The van der Waals surface area contributed by atoms with Crippen molar-refractivity contribution in [3.8, 4) is 0 Å². The summed E-state index contributed by atoms with van der Waals surface area (Å²) in [5.41, 5.74) is 7.75. The molecule has 8 heteroatoms. The molecule has 0 bridgehead atoms. The number of anilines is 1. The Bertz CT molecular complexity index is 1050. The molecular weight excluding hydrogens is 516 g/mol. The molecule has 0 aromatic heterocycles. The van der Waals surface area contributed by atoms with E-state index in [1.165, 1.54) is 22.0 Å². The van der Waals surface area contributed by atoms with E-state index in [-0.39, 0.29) is 18.6 Å². The molecule has 1 saturated heterocycles. The quantitative estimate of drug-likeness (QED) is 0.236. The first-order valence-corrected chi connectivity index (χ1v) is 14.8. The van der Waals surface area contributed by atoms with E-state index in [4.69, 9.17) is 14.3 Å². The largest absolute Gasteiger partial charge is 0.450 e. The van der Waals surface area contributed by atoms with Gasteiger partial charge in [-0.05, 0) is 67.0 Å². The summed E-state index contributed by atoms with van der Waals surface area (Å²) in [7, 11) is 5.95. The van der Waals surface area contributed by atoms with Crippen molar-refractivity contribution in [3.63, 3.8) is 0 Å². The number of carbonyl (C=O) groups is 2. The molecule has 1 aliphatic rings. The molecule has 0 spiro atoms. The molecule has 0 aliphatic carbocycles. The summed E-state index contributed by atoms with van der Waals surface area (Å²) in [6.45, 7) is 14.4. The number of hydrogen-bond acceptors (Lipinski definition) is 6. The zero-order valence-electron chi connectivity index (χ0n) is 26.4. The molecule has 1 aliphatic heterocycles. The highest BCUT2D eigenvalue weighted by molar-refractivity contribution is 5.87. The summed E-state index contributed by atoms with van der Waals surface area (Å²) in [5, 5.41) is 5.39. The predicted molar refractivity (Wildman–Crippen MR) is 171 cm³/mol. The van der Waals surface area contributed by atoms with Crippen molar-refractivity contribution in [2.75, 3.05) is 45.8 Å². The number of nitrogens with one attached hydrogen (secondary N) is 1. The van der Waals surface area contributed by atoms with Gasteiger partial charge in [-0.25, -0.2) is 4.79 Å². The van der Waals surface area contributed by atoms with Crippen molar-refractivity contribution in [1.82, 2.24) is 10.2 Å². The molecule has 2 aromatic rings. The second kappa shape index (κ2) is 19.8. The predicted octanol–water partition coefficient (Wildman–Crippen LogP) is 6.12. The number of likely N-dealkylation sites (tertiary alicyclic amines) is 1. The van der Waals surface area contributed by atoms with E-state index in [9.17, 15) is 4.79 Å². The Labute approximate surface area is 248 Å². The van der Waals surface area contributed by atoms with Crippen LogP contribution in [0.15, 0.2) is 48.7 Å². The summed E-state index contributed by atoms with van der Waals surface area (Å²) in [6.07, 6.45) is 6.33. The van der Waals surface area contributed by atoms with E-state index in [1.54, 1.807) is 7.11 Å². The zero-order valence-corrected chi connectivity index (χ0v) is 26.4. The van der Waals surface area contributed by atoms with Crippen molar-refractivity contribution in [2.45, 2.75) is 78.4 Å². The van der Waals surface area contributed by atoms with Gasteiger partial charge in [-0.3, -0.25) is 4.79 Å². The minimum Gasteiger partial charge on any atom is -0.450 e. The first-order chi connectivity index (χ1) is 19.5. The average Bonchev–Trinajstić information content (AvgIpc) is 3.31. The lowest BCUT2D eigenvalue weighted by molar-refractivity contribution is -0.106. The SMILES string of the molecule is C=C(CNC(=O)OCCCCCCc1cc2ccccc2cc1N(C)C)N1CC(OC)CC1C.CC(C)C.NC=O. The van der Waals surface area contributed by atoms with Gasteiger partial charge < -0.3 is 30.3 Å². The normalized spacial score (nSPS) is 15.9. The summed E-state index contributed by atoms with van der Waals surface area (Å²) in [5.74, 6) is 0.833. The number of hydrogen-bond donors (Lipinski definition) is 2. The van der Waals surface area contributed by atoms with Crippen molar-refractivity contribution < 1.29 is 19.1 Å². The topological polar surface area (TPSA) is 97.1 Å². The summed E-state index contributed by atoms with van der Waals surface area (Å²) in [6, 6.07) is 13.5. The van der Waals surface area contributed by atoms with Gasteiger partial charge in [0.2, 0.25) is 6.41 Å². The van der Waals surface area contributed by atoms with Crippen molar-refractivity contribution in [2.24, 2.45) is 11.7 Å². The molecule has 2 atom stereocenters. The van der Waals surface area contributed by atoms with Gasteiger partial charge in [0.25, 0.3) is 0 Å². The maximum Gasteiger partial charge on any atom is 0.407 e. The standard InChI is InChI=1S/C28H41N3O3.C4H10.CH3NO/c1-21-16-26(33-5)20-31(21)22(2)19-29-28(32)34-15-11-7-6-8-14-25-17-23-12-9-10-13-24(23)18-27(25)30(3)4;1-4(2)3;2-1-3/h9-10,12-13,17-18,21,26H,2,6-8,11,14-16,19-20H2,1,3-5H3,(H,29,32);4H,1-3H3;1H,(H2,2,3). The molecule has 230 valence electrons. The van der Waals surface area contributed by atoms with Gasteiger partial charge in [0.15, 0.2) is 0 Å². The average molecular weight is 571 g/mol. The number of unbranched alkanes of at least 4 members (excludes halogenated alkanes) is 3. The van der Waals surface area contributed by atoms with Crippen LogP contribution in [0.3, 0.4) is 0 Å². The summed E-state index contributed by atoms with van der Waals surface area (Å²) in [4.78, 5) is 25.0. The third-order valence-electron chi connectivity index (χ3n) is 6.72. The van der Waals surface area contributed by atoms with Gasteiger partial charge in [0.05, 0.1) is 19.3 Å². The number of benzene rings is 2. The number of rotatable bonds is 12. The lowest BCUT2D eigenvalue weighted by Gasteiger charge is -2.25. The Morgan fingerprint density at radius 1 is 1.15 bits per heavy atom. The van der Waals surface area contributed by atoms with Gasteiger partial charge in [-0.2, -0.15) is 0 Å². The first-order valence-electron chi connectivity index (χ1n) is 14.8. The van der Waals surface area contributed by atoms with Crippen LogP contribution in [0.1, 0.15) is 65.4 Å². The van der Waals surface area contributed by atoms with Crippen LogP contribution in [0.25, 0.3) is 10.8 Å². The van der Waals surface area contributed by atoms with E-state index < -0.39 is 0 Å². The van der Waals surface area contributed by atoms with Crippen LogP contribution < -0.4 is 16.0 Å². The molecule has 8 nitrogen and oxygen atoms in total. The number of fused-ring (bicyclic) bond motifs is 1. The molecule has 1 heterocycles. The Kier molecular flexibility index (Phi) is 17.2. The molecule has 3 N–H and O–H groups in total. The summed E-state index contributed by atoms with van der Waals surface area (Å²) < 4.78 is 10.8. The molecule has 2 amide bonds.